The fourth-order valence-electron chi connectivity index (χ4n) is 4.50. The van der Waals surface area contributed by atoms with Gasteiger partial charge in [-0.05, 0) is 49.3 Å². The van der Waals surface area contributed by atoms with E-state index in [1.807, 2.05) is 0 Å². The quantitative estimate of drug-likeness (QED) is 0.413. The van der Waals surface area contributed by atoms with Crippen molar-refractivity contribution in [2.24, 2.45) is 5.92 Å². The number of rotatable bonds is 4. The highest BCUT2D eigenvalue weighted by molar-refractivity contribution is 5.98. The van der Waals surface area contributed by atoms with Gasteiger partial charge in [-0.1, -0.05) is 18.9 Å². The van der Waals surface area contributed by atoms with Gasteiger partial charge >= 0.3 is 18.2 Å². The average Bonchev–Trinajstić information content (AvgIpc) is 3.15. The van der Waals surface area contributed by atoms with Gasteiger partial charge in [-0.2, -0.15) is 17.6 Å². The van der Waals surface area contributed by atoms with E-state index in [4.69, 9.17) is 4.74 Å². The largest absolute Gasteiger partial charge is 0.507 e. The van der Waals surface area contributed by atoms with Gasteiger partial charge in [0.25, 0.3) is 0 Å². The number of benzene rings is 1. The second kappa shape index (κ2) is 6.88. The van der Waals surface area contributed by atoms with Gasteiger partial charge in [0.15, 0.2) is 11.5 Å². The minimum Gasteiger partial charge on any atom is -0.458 e. The van der Waals surface area contributed by atoms with Crippen LogP contribution < -0.4 is 9.47 Å². The number of carbonyl (C=O) groups is 2. The maximum atomic E-state index is 13.4. The van der Waals surface area contributed by atoms with Crippen LogP contribution in [0.3, 0.4) is 0 Å². The number of alkyl halides is 4. The fourth-order valence-corrected chi connectivity index (χ4v) is 4.50. The molecule has 0 amide bonds. The third-order valence-corrected chi connectivity index (χ3v) is 5.91. The first-order valence-corrected chi connectivity index (χ1v) is 9.60. The van der Waals surface area contributed by atoms with Crippen LogP contribution in [-0.4, -0.2) is 29.6 Å². The SMILES string of the molecule is O=C1CC(=O)OC(CCc2ccc3c(c2)OC(F)(F)C(F)(F)O3)(C2CCCC2)C1. The second-order valence-electron chi connectivity index (χ2n) is 7.93. The number of fused-ring (bicyclic) bond motifs is 1. The average molecular weight is 416 g/mol. The van der Waals surface area contributed by atoms with E-state index in [2.05, 4.69) is 9.47 Å². The molecule has 0 spiro atoms. The summed E-state index contributed by atoms with van der Waals surface area (Å²) < 4.78 is 67.4. The molecule has 5 nitrogen and oxygen atoms in total. The fraction of sp³-hybridized carbons (Fsp3) is 0.600. The smallest absolute Gasteiger partial charge is 0.458 e. The summed E-state index contributed by atoms with van der Waals surface area (Å²) in [6.45, 7) is 0. The van der Waals surface area contributed by atoms with E-state index < -0.39 is 35.3 Å². The minimum absolute atomic E-state index is 0.0657. The molecule has 1 aliphatic carbocycles. The molecule has 1 unspecified atom stereocenters. The molecule has 1 saturated carbocycles. The minimum atomic E-state index is -4.78. The van der Waals surface area contributed by atoms with E-state index in [0.717, 1.165) is 31.7 Å². The second-order valence-corrected chi connectivity index (χ2v) is 7.93. The van der Waals surface area contributed by atoms with Crippen LogP contribution in [0.4, 0.5) is 17.6 Å². The Morgan fingerprint density at radius 1 is 0.931 bits per heavy atom. The first-order valence-electron chi connectivity index (χ1n) is 9.60. The monoisotopic (exact) mass is 416 g/mol. The zero-order valence-electron chi connectivity index (χ0n) is 15.5. The number of ether oxygens (including phenoxy) is 3. The van der Waals surface area contributed by atoms with Crippen molar-refractivity contribution in [3.8, 4) is 11.5 Å². The number of Topliss-reactive ketones (excluding diaryl/α,β-unsaturated/α-hetero) is 1. The molecule has 2 aliphatic heterocycles. The Labute approximate surface area is 164 Å². The predicted octanol–water partition coefficient (Wildman–Crippen LogP) is 4.41. The molecule has 4 rings (SSSR count). The standard InChI is InChI=1S/C20H20F4O5/c21-19(22)20(23,24)28-16-9-12(5-6-15(16)27-19)7-8-18(13-3-1-2-4-13)11-14(25)10-17(26)29-18/h5-6,9,13H,1-4,7-8,10-11H2. The van der Waals surface area contributed by atoms with Crippen LogP contribution in [0.5, 0.6) is 11.5 Å². The van der Waals surface area contributed by atoms with Crippen LogP contribution >= 0.6 is 0 Å². The summed E-state index contributed by atoms with van der Waals surface area (Å²) in [6, 6.07) is 3.83. The van der Waals surface area contributed by atoms with Crippen molar-refractivity contribution in [3.05, 3.63) is 23.8 Å². The third-order valence-electron chi connectivity index (χ3n) is 5.91. The van der Waals surface area contributed by atoms with Crippen LogP contribution in [0.15, 0.2) is 18.2 Å². The van der Waals surface area contributed by atoms with Crippen molar-refractivity contribution in [1.82, 2.24) is 0 Å². The molecular weight excluding hydrogens is 396 g/mol. The van der Waals surface area contributed by atoms with Crippen molar-refractivity contribution >= 4 is 11.8 Å². The predicted molar refractivity (Wildman–Crippen MR) is 90.9 cm³/mol. The lowest BCUT2D eigenvalue weighted by Crippen LogP contribution is -2.52. The van der Waals surface area contributed by atoms with E-state index in [9.17, 15) is 27.2 Å². The Balaban J connectivity index is 1.54. The first-order chi connectivity index (χ1) is 13.6. The summed E-state index contributed by atoms with van der Waals surface area (Å²) in [4.78, 5) is 24.0. The van der Waals surface area contributed by atoms with Crippen LogP contribution in [0.2, 0.25) is 0 Å². The van der Waals surface area contributed by atoms with Gasteiger partial charge in [-0.25, -0.2) is 0 Å². The lowest BCUT2D eigenvalue weighted by molar-refractivity contribution is -0.391. The molecule has 0 aromatic heterocycles. The maximum Gasteiger partial charge on any atom is 0.507 e. The molecule has 29 heavy (non-hydrogen) atoms. The molecule has 0 radical (unpaired) electrons. The summed E-state index contributed by atoms with van der Waals surface area (Å²) in [6.07, 6.45) is -5.32. The molecule has 0 N–H and O–H groups in total. The van der Waals surface area contributed by atoms with Crippen LogP contribution in [-0.2, 0) is 20.7 Å². The van der Waals surface area contributed by atoms with E-state index >= 15 is 0 Å². The third kappa shape index (κ3) is 3.67. The first kappa shape index (κ1) is 20.0. The highest BCUT2D eigenvalue weighted by Gasteiger charge is 2.66. The Kier molecular flexibility index (Phi) is 4.74. The van der Waals surface area contributed by atoms with Crippen molar-refractivity contribution in [3.63, 3.8) is 0 Å². The number of hydrogen-bond acceptors (Lipinski definition) is 5. The number of aryl methyl sites for hydroxylation is 1. The Hall–Kier alpha value is -2.32. The molecule has 9 heteroatoms. The normalized spacial score (nSPS) is 28.3. The summed E-state index contributed by atoms with van der Waals surface area (Å²) in [5, 5.41) is 0. The lowest BCUT2D eigenvalue weighted by Gasteiger charge is -2.41. The van der Waals surface area contributed by atoms with Crippen molar-refractivity contribution < 1.29 is 41.4 Å². The number of ketones is 1. The summed E-state index contributed by atoms with van der Waals surface area (Å²) in [5.74, 6) is -1.61. The summed E-state index contributed by atoms with van der Waals surface area (Å²) in [5.41, 5.74) is -0.382. The topological polar surface area (TPSA) is 61.8 Å². The number of esters is 1. The Bertz CT molecular complexity index is 816. The van der Waals surface area contributed by atoms with Crippen molar-refractivity contribution in [2.75, 3.05) is 0 Å². The van der Waals surface area contributed by atoms with E-state index in [1.165, 1.54) is 12.1 Å². The van der Waals surface area contributed by atoms with Gasteiger partial charge in [0.05, 0.1) is 0 Å². The van der Waals surface area contributed by atoms with Gasteiger partial charge in [-0.3, -0.25) is 9.59 Å². The number of cyclic esters (lactones) is 1. The molecule has 1 aromatic carbocycles. The Morgan fingerprint density at radius 3 is 2.24 bits per heavy atom. The molecule has 1 saturated heterocycles. The van der Waals surface area contributed by atoms with Gasteiger partial charge in [0, 0.05) is 6.42 Å². The lowest BCUT2D eigenvalue weighted by atomic mass is 9.76. The molecule has 1 atom stereocenters. The van der Waals surface area contributed by atoms with E-state index in [-0.39, 0.29) is 24.5 Å². The van der Waals surface area contributed by atoms with Gasteiger partial charge in [0.1, 0.15) is 17.8 Å². The Morgan fingerprint density at radius 2 is 1.59 bits per heavy atom. The van der Waals surface area contributed by atoms with Gasteiger partial charge in [0.2, 0.25) is 0 Å². The molecular formula is C20H20F4O5. The zero-order valence-corrected chi connectivity index (χ0v) is 15.5. The van der Waals surface area contributed by atoms with Crippen LogP contribution in [0.1, 0.15) is 50.5 Å². The zero-order chi connectivity index (χ0) is 20.9. The van der Waals surface area contributed by atoms with E-state index in [1.54, 1.807) is 0 Å². The van der Waals surface area contributed by atoms with Crippen LogP contribution in [0.25, 0.3) is 0 Å². The molecule has 2 fully saturated rings. The number of halogens is 4. The van der Waals surface area contributed by atoms with Crippen LogP contribution in [0, 0.1) is 5.92 Å². The number of hydrogen-bond donors (Lipinski definition) is 0. The summed E-state index contributed by atoms with van der Waals surface area (Å²) in [7, 11) is 0. The van der Waals surface area contributed by atoms with Gasteiger partial charge in [-0.15, -0.1) is 0 Å². The summed E-state index contributed by atoms with van der Waals surface area (Å²) >= 11 is 0. The molecule has 3 aliphatic rings. The molecule has 158 valence electrons. The highest BCUT2D eigenvalue weighted by Crippen LogP contribution is 2.48. The molecule has 2 heterocycles. The highest BCUT2D eigenvalue weighted by atomic mass is 19.3. The van der Waals surface area contributed by atoms with E-state index in [0.29, 0.717) is 18.4 Å². The van der Waals surface area contributed by atoms with Crippen molar-refractivity contribution in [2.45, 2.75) is 69.2 Å². The number of carbonyl (C=O) groups excluding carboxylic acids is 2. The molecule has 1 aromatic rings. The molecule has 0 bridgehead atoms. The van der Waals surface area contributed by atoms with Gasteiger partial charge < -0.3 is 14.2 Å². The van der Waals surface area contributed by atoms with Crippen molar-refractivity contribution in [1.29, 1.82) is 0 Å². The maximum absolute atomic E-state index is 13.4.